The van der Waals surface area contributed by atoms with Gasteiger partial charge in [-0.2, -0.15) is 0 Å². The number of allylic oxidation sites excluding steroid dienone is 1. The lowest BCUT2D eigenvalue weighted by Gasteiger charge is -2.06. The van der Waals surface area contributed by atoms with E-state index < -0.39 is 0 Å². The maximum absolute atomic E-state index is 12.8. The highest BCUT2D eigenvalue weighted by Gasteiger charge is 2.12. The number of carbonyl (C=O) groups is 1. The molecule has 0 aliphatic carbocycles. The van der Waals surface area contributed by atoms with Gasteiger partial charge in [0.25, 0.3) is 0 Å². The Bertz CT molecular complexity index is 600. The second-order valence-corrected chi connectivity index (χ2v) is 4.92. The first-order valence-corrected chi connectivity index (χ1v) is 6.98. The highest BCUT2D eigenvalue weighted by atomic mass is 32.2. The largest absolute Gasteiger partial charge is 0.289 e. The fourth-order valence-corrected chi connectivity index (χ4v) is 2.11. The maximum atomic E-state index is 12.8. The van der Waals surface area contributed by atoms with Crippen molar-refractivity contribution in [3.8, 4) is 0 Å². The zero-order chi connectivity index (χ0) is 13.8. The normalized spacial score (nSPS) is 10.2. The molecule has 0 fully saturated rings. The minimum absolute atomic E-state index is 0.183. The molecule has 0 saturated heterocycles. The van der Waals surface area contributed by atoms with Crippen LogP contribution in [0.5, 0.6) is 0 Å². The first-order valence-electron chi connectivity index (χ1n) is 5.75. The number of hydrogen-bond acceptors (Lipinski definition) is 2. The summed E-state index contributed by atoms with van der Waals surface area (Å²) in [6.07, 6.45) is 1.99. The number of benzene rings is 2. The van der Waals surface area contributed by atoms with Crippen LogP contribution in [-0.2, 0) is 0 Å². The van der Waals surface area contributed by atoms with Gasteiger partial charge in [-0.15, -0.1) is 11.8 Å². The summed E-state index contributed by atoms with van der Waals surface area (Å²) in [5, 5.41) is 0. The van der Waals surface area contributed by atoms with E-state index in [-0.39, 0.29) is 11.6 Å². The van der Waals surface area contributed by atoms with Crippen molar-refractivity contribution in [1.29, 1.82) is 0 Å². The average Bonchev–Trinajstić information content (AvgIpc) is 2.46. The van der Waals surface area contributed by atoms with E-state index in [0.717, 1.165) is 10.5 Å². The van der Waals surface area contributed by atoms with Gasteiger partial charge in [-0.3, -0.25) is 4.79 Å². The third-order valence-corrected chi connectivity index (χ3v) is 3.56. The van der Waals surface area contributed by atoms with Crippen LogP contribution in [0, 0.1) is 5.82 Å². The van der Waals surface area contributed by atoms with Crippen molar-refractivity contribution in [2.24, 2.45) is 0 Å². The van der Waals surface area contributed by atoms with Gasteiger partial charge in [0.1, 0.15) is 5.82 Å². The topological polar surface area (TPSA) is 17.1 Å². The molecule has 96 valence electrons. The molecule has 0 aromatic heterocycles. The Labute approximate surface area is 116 Å². The van der Waals surface area contributed by atoms with Crippen LogP contribution in [0.15, 0.2) is 60.0 Å². The predicted molar refractivity (Wildman–Crippen MR) is 78.0 cm³/mol. The van der Waals surface area contributed by atoms with Crippen LogP contribution in [0.25, 0.3) is 5.57 Å². The van der Waals surface area contributed by atoms with E-state index in [1.54, 1.807) is 11.8 Å². The molecule has 0 aliphatic rings. The van der Waals surface area contributed by atoms with Gasteiger partial charge in [-0.05, 0) is 48.2 Å². The van der Waals surface area contributed by atoms with Crippen LogP contribution >= 0.6 is 11.8 Å². The predicted octanol–water partition coefficient (Wildman–Crippen LogP) is 4.44. The fourth-order valence-electron chi connectivity index (χ4n) is 1.70. The molecule has 19 heavy (non-hydrogen) atoms. The Balaban J connectivity index is 2.23. The van der Waals surface area contributed by atoms with Crippen LogP contribution in [0.3, 0.4) is 0 Å². The second-order valence-electron chi connectivity index (χ2n) is 4.04. The lowest BCUT2D eigenvalue weighted by molar-refractivity contribution is 0.105. The van der Waals surface area contributed by atoms with E-state index in [4.69, 9.17) is 0 Å². The third kappa shape index (κ3) is 3.12. The highest BCUT2D eigenvalue weighted by molar-refractivity contribution is 7.98. The van der Waals surface area contributed by atoms with E-state index in [1.807, 2.05) is 30.5 Å². The van der Waals surface area contributed by atoms with Gasteiger partial charge < -0.3 is 0 Å². The summed E-state index contributed by atoms with van der Waals surface area (Å²) in [5.74, 6) is -0.539. The summed E-state index contributed by atoms with van der Waals surface area (Å²) in [4.78, 5) is 13.3. The molecular weight excluding hydrogens is 259 g/mol. The lowest BCUT2D eigenvalue weighted by atomic mass is 9.98. The van der Waals surface area contributed by atoms with E-state index in [1.165, 1.54) is 24.3 Å². The van der Waals surface area contributed by atoms with Crippen molar-refractivity contribution in [1.82, 2.24) is 0 Å². The molecule has 2 aromatic carbocycles. The molecule has 2 rings (SSSR count). The average molecular weight is 272 g/mol. The number of hydrogen-bond donors (Lipinski definition) is 0. The molecule has 2 aromatic rings. The summed E-state index contributed by atoms with van der Waals surface area (Å²) >= 11 is 1.64. The molecule has 0 radical (unpaired) electrons. The standard InChI is InChI=1S/C16H13FOS/c1-11(12-5-9-15(19-2)10-6-12)16(18)13-3-7-14(17)8-4-13/h3-10H,1H2,2H3. The molecular formula is C16H13FOS. The Kier molecular flexibility index (Phi) is 4.17. The molecule has 3 heteroatoms. The Morgan fingerprint density at radius 1 is 1.00 bits per heavy atom. The van der Waals surface area contributed by atoms with Crippen molar-refractivity contribution in [2.75, 3.05) is 6.26 Å². The molecule has 0 atom stereocenters. The summed E-state index contributed by atoms with van der Waals surface area (Å²) in [7, 11) is 0. The quantitative estimate of drug-likeness (QED) is 0.465. The van der Waals surface area contributed by atoms with Crippen LogP contribution in [0.2, 0.25) is 0 Å². The minimum Gasteiger partial charge on any atom is -0.289 e. The van der Waals surface area contributed by atoms with Gasteiger partial charge in [0, 0.05) is 16.0 Å². The molecule has 0 spiro atoms. The first kappa shape index (κ1) is 13.6. The van der Waals surface area contributed by atoms with Crippen molar-refractivity contribution >= 4 is 23.1 Å². The van der Waals surface area contributed by atoms with Crippen LogP contribution in [0.4, 0.5) is 4.39 Å². The molecule has 0 N–H and O–H groups in total. The van der Waals surface area contributed by atoms with Gasteiger partial charge in [-0.25, -0.2) is 4.39 Å². The molecule has 0 unspecified atom stereocenters. The Hall–Kier alpha value is -1.87. The molecule has 0 heterocycles. The van der Waals surface area contributed by atoms with Crippen molar-refractivity contribution in [3.63, 3.8) is 0 Å². The maximum Gasteiger partial charge on any atom is 0.193 e. The minimum atomic E-state index is -0.355. The van der Waals surface area contributed by atoms with Crippen molar-refractivity contribution in [2.45, 2.75) is 4.90 Å². The van der Waals surface area contributed by atoms with Gasteiger partial charge in [0.2, 0.25) is 0 Å². The smallest absolute Gasteiger partial charge is 0.193 e. The second kappa shape index (κ2) is 5.85. The highest BCUT2D eigenvalue weighted by Crippen LogP contribution is 2.21. The van der Waals surface area contributed by atoms with Gasteiger partial charge in [0.05, 0.1) is 0 Å². The van der Waals surface area contributed by atoms with E-state index in [9.17, 15) is 9.18 Å². The number of Topliss-reactive ketones (excluding diaryl/α,β-unsaturated/α-hetero) is 1. The molecule has 0 saturated carbocycles. The van der Waals surface area contributed by atoms with Gasteiger partial charge in [-0.1, -0.05) is 18.7 Å². The van der Waals surface area contributed by atoms with E-state index >= 15 is 0 Å². The van der Waals surface area contributed by atoms with E-state index in [2.05, 4.69) is 6.58 Å². The fraction of sp³-hybridized carbons (Fsp3) is 0.0625. The van der Waals surface area contributed by atoms with Gasteiger partial charge in [0.15, 0.2) is 5.78 Å². The number of halogens is 1. The summed E-state index contributed by atoms with van der Waals surface area (Å²) < 4.78 is 12.8. The lowest BCUT2D eigenvalue weighted by Crippen LogP contribution is -2.01. The van der Waals surface area contributed by atoms with E-state index in [0.29, 0.717) is 11.1 Å². The number of ketones is 1. The first-order chi connectivity index (χ1) is 9.11. The third-order valence-electron chi connectivity index (χ3n) is 2.82. The Morgan fingerprint density at radius 3 is 2.05 bits per heavy atom. The monoisotopic (exact) mass is 272 g/mol. The van der Waals surface area contributed by atoms with Crippen LogP contribution in [0.1, 0.15) is 15.9 Å². The zero-order valence-corrected chi connectivity index (χ0v) is 11.3. The van der Waals surface area contributed by atoms with Gasteiger partial charge >= 0.3 is 0 Å². The molecule has 0 bridgehead atoms. The summed E-state index contributed by atoms with van der Waals surface area (Å²) in [6.45, 7) is 3.83. The molecule has 0 amide bonds. The van der Waals surface area contributed by atoms with Crippen molar-refractivity contribution < 1.29 is 9.18 Å². The Morgan fingerprint density at radius 2 is 1.53 bits per heavy atom. The summed E-state index contributed by atoms with van der Waals surface area (Å²) in [6, 6.07) is 13.1. The number of rotatable bonds is 4. The SMILES string of the molecule is C=C(C(=O)c1ccc(F)cc1)c1ccc(SC)cc1. The van der Waals surface area contributed by atoms with Crippen LogP contribution in [-0.4, -0.2) is 12.0 Å². The number of carbonyl (C=O) groups excluding carboxylic acids is 1. The summed E-state index contributed by atoms with van der Waals surface area (Å²) in [5.41, 5.74) is 1.65. The molecule has 0 aliphatic heterocycles. The number of thioether (sulfide) groups is 1. The van der Waals surface area contributed by atoms with Crippen molar-refractivity contribution in [3.05, 3.63) is 72.1 Å². The molecule has 1 nitrogen and oxygen atoms in total. The zero-order valence-electron chi connectivity index (χ0n) is 10.5. The van der Waals surface area contributed by atoms with Crippen LogP contribution < -0.4 is 0 Å².